The fraction of sp³-hybridized carbons (Fsp3) is 0.294. The highest BCUT2D eigenvalue weighted by molar-refractivity contribution is 7.20. The maximum Gasteiger partial charge on any atom is 0.274 e. The number of hydrogen-bond donors (Lipinski definition) is 3. The monoisotopic (exact) mass is 405 g/mol. The molecule has 1 amide bonds. The molecule has 1 fully saturated rings. The number of anilines is 2. The van der Waals surface area contributed by atoms with Crippen molar-refractivity contribution in [2.45, 2.75) is 5.34 Å². The van der Waals surface area contributed by atoms with Crippen molar-refractivity contribution in [3.05, 3.63) is 40.9 Å². The number of carbonyl (C=O) groups excluding carboxylic acids is 1. The maximum atomic E-state index is 12.6. The van der Waals surface area contributed by atoms with Gasteiger partial charge in [0.15, 0.2) is 0 Å². The summed E-state index contributed by atoms with van der Waals surface area (Å²) in [5.41, 5.74) is 7.07. The molecule has 3 aromatic rings. The molecule has 0 saturated carbocycles. The van der Waals surface area contributed by atoms with Gasteiger partial charge in [-0.3, -0.25) is 14.6 Å². The molecule has 144 valence electrons. The molecular weight excluding hydrogens is 388 g/mol. The summed E-state index contributed by atoms with van der Waals surface area (Å²) in [4.78, 5) is 31.4. The van der Waals surface area contributed by atoms with Crippen LogP contribution in [-0.4, -0.2) is 67.7 Å². The number of hydrogen-bond acceptors (Lipinski definition) is 8. The Balaban J connectivity index is 1.66. The van der Waals surface area contributed by atoms with Crippen LogP contribution >= 0.6 is 11.3 Å². The van der Waals surface area contributed by atoms with Crippen LogP contribution in [0.5, 0.6) is 0 Å². The lowest BCUT2D eigenvalue weighted by Gasteiger charge is -2.29. The Morgan fingerprint density at radius 1 is 1.24 bits per heavy atom. The zero-order valence-electron chi connectivity index (χ0n) is 15.5. The summed E-state index contributed by atoms with van der Waals surface area (Å²) in [5, 5.41) is 8.79. The normalized spacial score (nSPS) is 14.9. The van der Waals surface area contributed by atoms with Gasteiger partial charge in [0, 0.05) is 55.0 Å². The second kappa shape index (κ2) is 7.62. The van der Waals surface area contributed by atoms with Gasteiger partial charge < -0.3 is 21.3 Å². The van der Waals surface area contributed by atoms with E-state index in [9.17, 15) is 9.59 Å². The number of carbonyl (C=O) groups is 1. The Bertz CT molecular complexity index is 1120. The lowest BCUT2D eigenvalue weighted by molar-refractivity contribution is -0.116. The van der Waals surface area contributed by atoms with Crippen molar-refractivity contribution in [1.29, 1.82) is 0 Å². The molecule has 4 rings (SSSR count). The van der Waals surface area contributed by atoms with Crippen LogP contribution in [0.3, 0.4) is 0 Å². The second-order valence-corrected chi connectivity index (χ2v) is 7.80. The van der Waals surface area contributed by atoms with E-state index in [0.29, 0.717) is 16.3 Å². The van der Waals surface area contributed by atoms with Crippen molar-refractivity contribution in [2.24, 2.45) is 5.73 Å². The van der Waals surface area contributed by atoms with E-state index in [1.165, 1.54) is 22.0 Å². The molecule has 1 aliphatic rings. The van der Waals surface area contributed by atoms with E-state index in [1.54, 1.807) is 18.3 Å². The summed E-state index contributed by atoms with van der Waals surface area (Å²) in [6.45, 7) is 3.45. The van der Waals surface area contributed by atoms with Gasteiger partial charge in [0.05, 0.1) is 27.6 Å². The number of rotatable bonds is 4. The highest BCUT2D eigenvalue weighted by Crippen LogP contribution is 2.28. The highest BCUT2D eigenvalue weighted by atomic mass is 32.1. The molecule has 29 heavy (non-hydrogen) atoms. The molecule has 4 radical (unpaired) electrons. The first-order valence-corrected chi connectivity index (χ1v) is 9.76. The average molecular weight is 405 g/mol. The van der Waals surface area contributed by atoms with E-state index in [-0.39, 0.29) is 5.56 Å². The molecule has 4 N–H and O–H groups in total. The molecule has 1 aliphatic heterocycles. The number of fused-ring (bicyclic) bond motifs is 1. The van der Waals surface area contributed by atoms with Gasteiger partial charge in [0.2, 0.25) is 5.91 Å². The third-order valence-electron chi connectivity index (χ3n) is 4.47. The van der Waals surface area contributed by atoms with Crippen LogP contribution in [0.15, 0.2) is 35.4 Å². The predicted molar refractivity (Wildman–Crippen MR) is 115 cm³/mol. The topological polar surface area (TPSA) is 118 Å². The summed E-state index contributed by atoms with van der Waals surface area (Å²) in [5.74, 6) is -0.752. The second-order valence-electron chi connectivity index (χ2n) is 6.80. The average Bonchev–Trinajstić information content (AvgIpc) is 3.13. The predicted octanol–water partition coefficient (Wildman–Crippen LogP) is -0.884. The summed E-state index contributed by atoms with van der Waals surface area (Å²) >= 11 is 1.36. The van der Waals surface area contributed by atoms with E-state index in [1.807, 2.05) is 6.07 Å². The van der Waals surface area contributed by atoms with Crippen LogP contribution < -0.4 is 26.8 Å². The first kappa shape index (κ1) is 19.6. The SMILES string of the molecule is [B]C([B])(N)C(=O)Nc1cncc(-c2nn3c(=O)cc(N4CCNCC4)cc3s2)c1. The first-order chi connectivity index (χ1) is 13.8. The van der Waals surface area contributed by atoms with Crippen molar-refractivity contribution in [3.63, 3.8) is 0 Å². The van der Waals surface area contributed by atoms with Crippen molar-refractivity contribution in [3.8, 4) is 10.6 Å². The fourth-order valence-electron chi connectivity index (χ4n) is 2.99. The molecule has 0 aromatic carbocycles. The third kappa shape index (κ3) is 4.19. The molecular formula is C17H17B2N7O2S. The Labute approximate surface area is 173 Å². The van der Waals surface area contributed by atoms with E-state index in [0.717, 1.165) is 36.7 Å². The van der Waals surface area contributed by atoms with Crippen LogP contribution in [-0.2, 0) is 4.79 Å². The van der Waals surface area contributed by atoms with E-state index in [2.05, 4.69) is 25.6 Å². The maximum absolute atomic E-state index is 12.6. The molecule has 0 atom stereocenters. The first-order valence-electron chi connectivity index (χ1n) is 8.94. The van der Waals surface area contributed by atoms with Crippen LogP contribution in [0.25, 0.3) is 15.4 Å². The van der Waals surface area contributed by atoms with Crippen LogP contribution in [0.2, 0.25) is 0 Å². The van der Waals surface area contributed by atoms with Gasteiger partial charge in [-0.25, -0.2) is 0 Å². The Morgan fingerprint density at radius 2 is 2.00 bits per heavy atom. The molecule has 9 nitrogen and oxygen atoms in total. The summed E-state index contributed by atoms with van der Waals surface area (Å²) in [6.07, 6.45) is 3.03. The van der Waals surface area contributed by atoms with Gasteiger partial charge >= 0.3 is 0 Å². The van der Waals surface area contributed by atoms with Gasteiger partial charge in [0.1, 0.15) is 9.84 Å². The largest absolute Gasteiger partial charge is 0.369 e. The van der Waals surface area contributed by atoms with Crippen molar-refractivity contribution < 1.29 is 4.79 Å². The summed E-state index contributed by atoms with van der Waals surface area (Å²) in [6, 6.07) is 5.22. The van der Waals surface area contributed by atoms with Crippen molar-refractivity contribution >= 4 is 49.1 Å². The standard InChI is InChI=1S/C17H17B2N7O2S/c18-17(19,20)16(28)23-11-5-10(8-22-9-11)15-24-26-13(27)6-12(7-14(26)29-15)25-3-1-21-2-4-25/h5-9,21H,1-4,20H2,(H,23,28). The molecule has 4 heterocycles. The Morgan fingerprint density at radius 3 is 2.72 bits per heavy atom. The van der Waals surface area contributed by atoms with Gasteiger partial charge in [-0.15, -0.1) is 0 Å². The lowest BCUT2D eigenvalue weighted by atomic mass is 9.62. The van der Waals surface area contributed by atoms with Gasteiger partial charge in [0.25, 0.3) is 5.56 Å². The summed E-state index contributed by atoms with van der Waals surface area (Å²) < 4.78 is 1.36. The number of piperazine rings is 1. The molecule has 12 heteroatoms. The smallest absolute Gasteiger partial charge is 0.274 e. The number of amides is 1. The van der Waals surface area contributed by atoms with Crippen LogP contribution in [0.4, 0.5) is 11.4 Å². The minimum atomic E-state index is -2.00. The number of aromatic nitrogens is 3. The highest BCUT2D eigenvalue weighted by Gasteiger charge is 2.21. The number of nitrogens with two attached hydrogens (primary N) is 1. The van der Waals surface area contributed by atoms with E-state index in [4.69, 9.17) is 21.4 Å². The zero-order valence-corrected chi connectivity index (χ0v) is 16.3. The van der Waals surface area contributed by atoms with Gasteiger partial charge in [-0.1, -0.05) is 11.3 Å². The van der Waals surface area contributed by atoms with E-state index < -0.39 is 11.2 Å². The van der Waals surface area contributed by atoms with Gasteiger partial charge in [-0.2, -0.15) is 9.61 Å². The third-order valence-corrected chi connectivity index (χ3v) is 5.48. The quantitative estimate of drug-likeness (QED) is 0.483. The molecule has 0 bridgehead atoms. The lowest BCUT2D eigenvalue weighted by Crippen LogP contribution is -2.52. The Hall–Kier alpha value is -2.69. The molecule has 0 aliphatic carbocycles. The zero-order chi connectivity index (χ0) is 20.6. The fourth-order valence-corrected chi connectivity index (χ4v) is 3.94. The molecule has 0 unspecified atom stereocenters. The summed E-state index contributed by atoms with van der Waals surface area (Å²) in [7, 11) is 10.8. The molecule has 1 saturated heterocycles. The Kier molecular flexibility index (Phi) is 5.15. The number of nitrogens with one attached hydrogen (secondary N) is 2. The van der Waals surface area contributed by atoms with Gasteiger partial charge in [-0.05, 0) is 12.1 Å². The molecule has 3 aromatic heterocycles. The minimum absolute atomic E-state index is 0.199. The van der Waals surface area contributed by atoms with E-state index >= 15 is 0 Å². The minimum Gasteiger partial charge on any atom is -0.369 e. The molecule has 0 spiro atoms. The number of nitrogens with zero attached hydrogens (tertiary/aromatic N) is 4. The number of pyridine rings is 2. The van der Waals surface area contributed by atoms with Crippen molar-refractivity contribution in [2.75, 3.05) is 36.4 Å². The van der Waals surface area contributed by atoms with Crippen LogP contribution in [0.1, 0.15) is 0 Å². The van der Waals surface area contributed by atoms with Crippen LogP contribution in [0, 0.1) is 0 Å². The van der Waals surface area contributed by atoms with Crippen molar-refractivity contribution in [1.82, 2.24) is 19.9 Å².